The van der Waals surface area contributed by atoms with Crippen LogP contribution in [0.2, 0.25) is 0 Å². The molecule has 0 unspecified atom stereocenters. The van der Waals surface area contributed by atoms with Crippen molar-refractivity contribution >= 4 is 21.6 Å². The molecule has 2 rings (SSSR count). The van der Waals surface area contributed by atoms with Gasteiger partial charge in [-0.05, 0) is 28.4 Å². The molecule has 0 radical (unpaired) electrons. The highest BCUT2D eigenvalue weighted by molar-refractivity contribution is 9.10. The van der Waals surface area contributed by atoms with E-state index in [2.05, 4.69) is 25.8 Å². The van der Waals surface area contributed by atoms with Crippen LogP contribution in [0.4, 0.5) is 5.69 Å². The molecular weight excluding hydrogens is 232 g/mol. The molecule has 1 aromatic rings. The molecule has 70 valence electrons. The molecule has 0 saturated carbocycles. The van der Waals surface area contributed by atoms with E-state index in [9.17, 15) is 5.11 Å². The Morgan fingerprint density at radius 2 is 2.46 bits per heavy atom. The van der Waals surface area contributed by atoms with Crippen LogP contribution in [-0.4, -0.2) is 29.3 Å². The summed E-state index contributed by atoms with van der Waals surface area (Å²) in [5.41, 5.74) is 1.07. The maximum Gasteiger partial charge on any atom is 0.0731 e. The summed E-state index contributed by atoms with van der Waals surface area (Å²) in [6.45, 7) is 1.62. The largest absolute Gasteiger partial charge is 0.391 e. The van der Waals surface area contributed by atoms with Crippen LogP contribution in [0, 0.1) is 0 Å². The highest BCUT2D eigenvalue weighted by Crippen LogP contribution is 2.27. The van der Waals surface area contributed by atoms with E-state index in [1.807, 2.05) is 12.3 Å². The highest BCUT2D eigenvalue weighted by atomic mass is 79.9. The summed E-state index contributed by atoms with van der Waals surface area (Å²) >= 11 is 3.46. The van der Waals surface area contributed by atoms with Crippen molar-refractivity contribution in [2.24, 2.45) is 0 Å². The minimum Gasteiger partial charge on any atom is -0.391 e. The van der Waals surface area contributed by atoms with Crippen molar-refractivity contribution < 1.29 is 5.11 Å². The molecule has 0 aromatic carbocycles. The van der Waals surface area contributed by atoms with Crippen molar-refractivity contribution in [1.29, 1.82) is 0 Å². The van der Waals surface area contributed by atoms with Gasteiger partial charge in [0.1, 0.15) is 0 Å². The first-order chi connectivity index (χ1) is 6.27. The van der Waals surface area contributed by atoms with Gasteiger partial charge in [-0.25, -0.2) is 0 Å². The fourth-order valence-corrected chi connectivity index (χ4v) is 2.03. The Hall–Kier alpha value is -0.610. The smallest absolute Gasteiger partial charge is 0.0731 e. The SMILES string of the molecule is O[C@@H]1CCN(c2cnccc2Br)C1. The van der Waals surface area contributed by atoms with Gasteiger partial charge in [0.15, 0.2) is 0 Å². The van der Waals surface area contributed by atoms with Crippen LogP contribution >= 0.6 is 15.9 Å². The Balaban J connectivity index is 2.21. The third kappa shape index (κ3) is 1.84. The summed E-state index contributed by atoms with van der Waals surface area (Å²) in [5.74, 6) is 0. The molecule has 1 fully saturated rings. The lowest BCUT2D eigenvalue weighted by molar-refractivity contribution is 0.198. The van der Waals surface area contributed by atoms with Gasteiger partial charge in [-0.1, -0.05) is 0 Å². The van der Waals surface area contributed by atoms with Crippen LogP contribution in [0.1, 0.15) is 6.42 Å². The summed E-state index contributed by atoms with van der Waals surface area (Å²) in [5, 5.41) is 9.37. The zero-order valence-electron chi connectivity index (χ0n) is 7.15. The minimum atomic E-state index is -0.188. The van der Waals surface area contributed by atoms with Gasteiger partial charge in [0.2, 0.25) is 0 Å². The van der Waals surface area contributed by atoms with E-state index < -0.39 is 0 Å². The molecule has 1 saturated heterocycles. The van der Waals surface area contributed by atoms with Gasteiger partial charge in [0.25, 0.3) is 0 Å². The third-order valence-electron chi connectivity index (χ3n) is 2.25. The average molecular weight is 243 g/mol. The number of halogens is 1. The molecule has 4 heteroatoms. The number of aromatic nitrogens is 1. The Bertz CT molecular complexity index is 305. The topological polar surface area (TPSA) is 36.4 Å². The molecule has 1 N–H and O–H groups in total. The molecule has 13 heavy (non-hydrogen) atoms. The number of pyridine rings is 1. The fourth-order valence-electron chi connectivity index (χ4n) is 1.56. The van der Waals surface area contributed by atoms with E-state index in [4.69, 9.17) is 0 Å². The standard InChI is InChI=1S/C9H11BrN2O/c10-8-1-3-11-5-9(8)12-4-2-7(13)6-12/h1,3,5,7,13H,2,4,6H2/t7-/m1/s1. The lowest BCUT2D eigenvalue weighted by Gasteiger charge is -2.18. The molecule has 2 heterocycles. The zero-order valence-corrected chi connectivity index (χ0v) is 8.74. The molecule has 1 aromatic heterocycles. The second-order valence-electron chi connectivity index (χ2n) is 3.22. The monoisotopic (exact) mass is 242 g/mol. The number of nitrogens with zero attached hydrogens (tertiary/aromatic N) is 2. The second kappa shape index (κ2) is 3.64. The third-order valence-corrected chi connectivity index (χ3v) is 2.92. The van der Waals surface area contributed by atoms with Crippen LogP contribution in [0.3, 0.4) is 0 Å². The van der Waals surface area contributed by atoms with Gasteiger partial charge in [-0.15, -0.1) is 0 Å². The van der Waals surface area contributed by atoms with Crippen molar-refractivity contribution in [3.05, 3.63) is 22.9 Å². The van der Waals surface area contributed by atoms with E-state index in [0.717, 1.165) is 23.1 Å². The summed E-state index contributed by atoms with van der Waals surface area (Å²) in [6.07, 6.45) is 4.23. The molecule has 0 spiro atoms. The normalized spacial score (nSPS) is 22.3. The maximum atomic E-state index is 9.37. The Labute approximate surface area is 85.5 Å². The first-order valence-electron chi connectivity index (χ1n) is 4.30. The van der Waals surface area contributed by atoms with Crippen molar-refractivity contribution in [1.82, 2.24) is 4.98 Å². The van der Waals surface area contributed by atoms with E-state index >= 15 is 0 Å². The number of hydrogen-bond donors (Lipinski definition) is 1. The Morgan fingerprint density at radius 3 is 3.08 bits per heavy atom. The first-order valence-corrected chi connectivity index (χ1v) is 5.09. The van der Waals surface area contributed by atoms with Gasteiger partial charge in [0.05, 0.1) is 18.0 Å². The summed E-state index contributed by atoms with van der Waals surface area (Å²) in [6, 6.07) is 1.92. The molecule has 1 aliphatic rings. The van der Waals surface area contributed by atoms with Crippen molar-refractivity contribution in [2.45, 2.75) is 12.5 Å². The van der Waals surface area contributed by atoms with Crippen molar-refractivity contribution in [3.8, 4) is 0 Å². The molecule has 0 bridgehead atoms. The van der Waals surface area contributed by atoms with E-state index in [1.165, 1.54) is 0 Å². The van der Waals surface area contributed by atoms with Crippen LogP contribution in [-0.2, 0) is 0 Å². The number of aliphatic hydroxyl groups is 1. The van der Waals surface area contributed by atoms with E-state index in [1.54, 1.807) is 6.20 Å². The molecule has 0 amide bonds. The summed E-state index contributed by atoms with van der Waals surface area (Å²) < 4.78 is 1.04. The number of rotatable bonds is 1. The number of hydrogen-bond acceptors (Lipinski definition) is 3. The Morgan fingerprint density at radius 1 is 1.62 bits per heavy atom. The fraction of sp³-hybridized carbons (Fsp3) is 0.444. The van der Waals surface area contributed by atoms with Crippen LogP contribution in [0.5, 0.6) is 0 Å². The molecule has 3 nitrogen and oxygen atoms in total. The minimum absolute atomic E-state index is 0.188. The highest BCUT2D eigenvalue weighted by Gasteiger charge is 2.21. The molecular formula is C9H11BrN2O. The quantitative estimate of drug-likeness (QED) is 0.810. The van der Waals surface area contributed by atoms with Crippen LogP contribution < -0.4 is 4.90 Å². The van der Waals surface area contributed by atoms with Crippen LogP contribution in [0.25, 0.3) is 0 Å². The van der Waals surface area contributed by atoms with Crippen molar-refractivity contribution in [2.75, 3.05) is 18.0 Å². The lowest BCUT2D eigenvalue weighted by atomic mass is 10.3. The van der Waals surface area contributed by atoms with E-state index in [0.29, 0.717) is 6.54 Å². The van der Waals surface area contributed by atoms with Gasteiger partial charge < -0.3 is 10.0 Å². The predicted octanol–water partition coefficient (Wildman–Crippen LogP) is 1.42. The lowest BCUT2D eigenvalue weighted by Crippen LogP contribution is -2.21. The summed E-state index contributed by atoms with van der Waals surface area (Å²) in [7, 11) is 0. The number of β-amino-alcohol motifs (C(OH)–C–C–N with tert-alkyl or cyclic N) is 1. The summed E-state index contributed by atoms with van der Waals surface area (Å²) in [4.78, 5) is 6.20. The average Bonchev–Trinajstić information content (AvgIpc) is 2.53. The number of anilines is 1. The van der Waals surface area contributed by atoms with Gasteiger partial charge in [-0.2, -0.15) is 0 Å². The van der Waals surface area contributed by atoms with Gasteiger partial charge in [-0.3, -0.25) is 4.98 Å². The molecule has 1 aliphatic heterocycles. The first kappa shape index (κ1) is 8.97. The second-order valence-corrected chi connectivity index (χ2v) is 4.07. The van der Waals surface area contributed by atoms with Crippen molar-refractivity contribution in [3.63, 3.8) is 0 Å². The predicted molar refractivity (Wildman–Crippen MR) is 54.8 cm³/mol. The number of aliphatic hydroxyl groups excluding tert-OH is 1. The Kier molecular flexibility index (Phi) is 2.51. The molecule has 1 atom stereocenters. The van der Waals surface area contributed by atoms with Gasteiger partial charge in [0, 0.05) is 23.8 Å². The molecule has 0 aliphatic carbocycles. The zero-order chi connectivity index (χ0) is 9.26. The van der Waals surface area contributed by atoms with Gasteiger partial charge >= 0.3 is 0 Å². The van der Waals surface area contributed by atoms with Crippen LogP contribution in [0.15, 0.2) is 22.9 Å². The maximum absolute atomic E-state index is 9.37. The van der Waals surface area contributed by atoms with E-state index in [-0.39, 0.29) is 6.10 Å².